The van der Waals surface area contributed by atoms with Crippen LogP contribution in [0.3, 0.4) is 0 Å². The molecule has 62 heavy (non-hydrogen) atoms. The van der Waals surface area contributed by atoms with Crippen molar-refractivity contribution in [1.29, 1.82) is 0 Å². The van der Waals surface area contributed by atoms with Crippen molar-refractivity contribution in [2.75, 3.05) is 0 Å². The minimum absolute atomic E-state index is 0.671. The molecule has 0 amide bonds. The minimum atomic E-state index is 0.671. The van der Waals surface area contributed by atoms with Crippen molar-refractivity contribution in [2.45, 2.75) is 0 Å². The summed E-state index contributed by atoms with van der Waals surface area (Å²) in [7, 11) is 0. The zero-order valence-electron chi connectivity index (χ0n) is 33.7. The maximum absolute atomic E-state index is 5.32. The summed E-state index contributed by atoms with van der Waals surface area (Å²) >= 11 is 0. The van der Waals surface area contributed by atoms with Gasteiger partial charge in [-0.15, -0.1) is 0 Å². The van der Waals surface area contributed by atoms with Crippen LogP contribution in [0.2, 0.25) is 0 Å². The van der Waals surface area contributed by atoms with E-state index in [4.69, 9.17) is 9.97 Å². The molecule has 0 aliphatic heterocycles. The summed E-state index contributed by atoms with van der Waals surface area (Å²) < 4.78 is 4.88. The SMILES string of the molecule is c1ccc(-c2cc(-c3ccccc3)nc(-c3cc(-c4ccccc4)c(-n4c5ccccc5c5cc(-n6c7ccccc7c7ccccc76)ccc54)c(-c4ccccc4)c3)n2)cc1. The fraction of sp³-hybridized carbons (Fsp3) is 0. The highest BCUT2D eigenvalue weighted by atomic mass is 15.0. The Labute approximate surface area is 359 Å². The predicted octanol–water partition coefficient (Wildman–Crippen LogP) is 15.0. The zero-order chi connectivity index (χ0) is 41.0. The summed E-state index contributed by atoms with van der Waals surface area (Å²) in [5.41, 5.74) is 16.1. The van der Waals surface area contributed by atoms with Crippen LogP contribution in [0.4, 0.5) is 0 Å². The van der Waals surface area contributed by atoms with Crippen molar-refractivity contribution in [3.8, 4) is 67.5 Å². The Morgan fingerprint density at radius 1 is 0.274 bits per heavy atom. The maximum Gasteiger partial charge on any atom is 0.160 e. The molecule has 0 aliphatic rings. The molecule has 4 heteroatoms. The Morgan fingerprint density at radius 3 is 1.15 bits per heavy atom. The van der Waals surface area contributed by atoms with Crippen LogP contribution >= 0.6 is 0 Å². The molecule has 0 saturated carbocycles. The summed E-state index contributed by atoms with van der Waals surface area (Å²) in [5.74, 6) is 0.671. The average molecular weight is 791 g/mol. The number of nitrogens with zero attached hydrogens (tertiary/aromatic N) is 4. The van der Waals surface area contributed by atoms with Crippen molar-refractivity contribution in [3.63, 3.8) is 0 Å². The molecule has 0 radical (unpaired) electrons. The molecule has 12 aromatic rings. The highest BCUT2D eigenvalue weighted by Crippen LogP contribution is 2.45. The molecule has 0 fully saturated rings. The van der Waals surface area contributed by atoms with Crippen LogP contribution in [0.5, 0.6) is 0 Å². The molecule has 9 aromatic carbocycles. The molecule has 3 heterocycles. The minimum Gasteiger partial charge on any atom is -0.309 e. The lowest BCUT2D eigenvalue weighted by Gasteiger charge is -2.21. The van der Waals surface area contributed by atoms with Gasteiger partial charge in [0.25, 0.3) is 0 Å². The van der Waals surface area contributed by atoms with Gasteiger partial charge in [0.1, 0.15) is 0 Å². The highest BCUT2D eigenvalue weighted by Gasteiger charge is 2.23. The summed E-state index contributed by atoms with van der Waals surface area (Å²) in [6.07, 6.45) is 0. The number of para-hydroxylation sites is 3. The number of hydrogen-bond acceptors (Lipinski definition) is 2. The van der Waals surface area contributed by atoms with E-state index >= 15 is 0 Å². The Kier molecular flexibility index (Phi) is 8.46. The largest absolute Gasteiger partial charge is 0.309 e. The molecule has 0 bridgehead atoms. The monoisotopic (exact) mass is 790 g/mol. The first-order valence-corrected chi connectivity index (χ1v) is 21.1. The standard InChI is InChI=1S/C58H38N4/c1-5-19-39(20-6-1)48-35-43(58-59-51(41-23-9-3-10-24-41)38-52(60-58)42-25-11-4-12-26-42)36-49(40-21-7-2-8-22-40)57(48)62-55-32-18-15-29-47(55)50-37-44(33-34-56(50)62)61-53-30-16-13-27-45(53)46-28-14-17-31-54(46)61/h1-38H. The molecule has 0 aliphatic carbocycles. The van der Waals surface area contributed by atoms with Crippen LogP contribution in [-0.4, -0.2) is 19.1 Å². The van der Waals surface area contributed by atoms with Gasteiger partial charge >= 0.3 is 0 Å². The third kappa shape index (κ3) is 5.92. The van der Waals surface area contributed by atoms with Gasteiger partial charge in [-0.1, -0.05) is 176 Å². The zero-order valence-corrected chi connectivity index (χ0v) is 33.7. The predicted molar refractivity (Wildman–Crippen MR) is 258 cm³/mol. The summed E-state index contributed by atoms with van der Waals surface area (Å²) in [5, 5.41) is 4.88. The van der Waals surface area contributed by atoms with E-state index in [1.165, 1.54) is 32.6 Å². The molecule has 0 spiro atoms. The average Bonchev–Trinajstić information content (AvgIpc) is 3.87. The number of fused-ring (bicyclic) bond motifs is 6. The molecule has 0 saturated heterocycles. The molecule has 0 unspecified atom stereocenters. The smallest absolute Gasteiger partial charge is 0.160 e. The fourth-order valence-electron chi connectivity index (χ4n) is 9.31. The van der Waals surface area contributed by atoms with Crippen molar-refractivity contribution < 1.29 is 0 Å². The molecular formula is C58H38N4. The molecule has 290 valence electrons. The van der Waals surface area contributed by atoms with Gasteiger partial charge in [0, 0.05) is 55.0 Å². The Balaban J connectivity index is 1.16. The Morgan fingerprint density at radius 2 is 0.661 bits per heavy atom. The molecular weight excluding hydrogens is 753 g/mol. The van der Waals surface area contributed by atoms with Gasteiger partial charge in [-0.2, -0.15) is 0 Å². The van der Waals surface area contributed by atoms with Gasteiger partial charge < -0.3 is 9.13 Å². The van der Waals surface area contributed by atoms with Crippen molar-refractivity contribution in [3.05, 3.63) is 231 Å². The molecule has 0 atom stereocenters. The first kappa shape index (κ1) is 35.6. The molecule has 12 rings (SSSR count). The third-order valence-electron chi connectivity index (χ3n) is 12.1. The van der Waals surface area contributed by atoms with E-state index in [2.05, 4.69) is 228 Å². The van der Waals surface area contributed by atoms with E-state index in [0.717, 1.165) is 72.7 Å². The van der Waals surface area contributed by atoms with Crippen molar-refractivity contribution in [1.82, 2.24) is 19.1 Å². The van der Waals surface area contributed by atoms with Crippen LogP contribution in [-0.2, 0) is 0 Å². The van der Waals surface area contributed by atoms with Gasteiger partial charge in [-0.25, -0.2) is 9.97 Å². The lowest BCUT2D eigenvalue weighted by Crippen LogP contribution is -2.03. The van der Waals surface area contributed by atoms with E-state index in [1.54, 1.807) is 0 Å². The van der Waals surface area contributed by atoms with Crippen molar-refractivity contribution >= 4 is 43.6 Å². The lowest BCUT2D eigenvalue weighted by molar-refractivity contribution is 1.16. The van der Waals surface area contributed by atoms with Gasteiger partial charge in [0.05, 0.1) is 39.1 Å². The number of aromatic nitrogens is 4. The maximum atomic E-state index is 5.32. The van der Waals surface area contributed by atoms with Crippen LogP contribution in [0.15, 0.2) is 231 Å². The van der Waals surface area contributed by atoms with E-state index in [1.807, 2.05) is 12.1 Å². The highest BCUT2D eigenvalue weighted by molar-refractivity contribution is 6.13. The molecule has 0 N–H and O–H groups in total. The van der Waals surface area contributed by atoms with Crippen LogP contribution in [0, 0.1) is 0 Å². The van der Waals surface area contributed by atoms with Crippen LogP contribution < -0.4 is 0 Å². The van der Waals surface area contributed by atoms with Crippen LogP contribution in [0.1, 0.15) is 0 Å². The van der Waals surface area contributed by atoms with Gasteiger partial charge in [-0.05, 0) is 65.7 Å². The van der Waals surface area contributed by atoms with Crippen molar-refractivity contribution in [2.24, 2.45) is 0 Å². The second-order valence-electron chi connectivity index (χ2n) is 15.8. The fourth-order valence-corrected chi connectivity index (χ4v) is 9.31. The van der Waals surface area contributed by atoms with Gasteiger partial charge in [0.15, 0.2) is 5.82 Å². The van der Waals surface area contributed by atoms with Gasteiger partial charge in [0.2, 0.25) is 0 Å². The van der Waals surface area contributed by atoms with E-state index in [0.29, 0.717) is 5.82 Å². The summed E-state index contributed by atoms with van der Waals surface area (Å²) in [6, 6.07) is 82.2. The number of rotatable bonds is 7. The second-order valence-corrected chi connectivity index (χ2v) is 15.8. The lowest BCUT2D eigenvalue weighted by atomic mass is 9.92. The quantitative estimate of drug-likeness (QED) is 0.161. The van der Waals surface area contributed by atoms with E-state index < -0.39 is 0 Å². The van der Waals surface area contributed by atoms with Crippen LogP contribution in [0.25, 0.3) is 111 Å². The molecule has 4 nitrogen and oxygen atoms in total. The second kappa shape index (κ2) is 14.7. The third-order valence-corrected chi connectivity index (χ3v) is 12.1. The normalized spacial score (nSPS) is 11.5. The van der Waals surface area contributed by atoms with Gasteiger partial charge in [-0.3, -0.25) is 0 Å². The number of hydrogen-bond donors (Lipinski definition) is 0. The van der Waals surface area contributed by atoms with E-state index in [9.17, 15) is 0 Å². The topological polar surface area (TPSA) is 35.6 Å². The van der Waals surface area contributed by atoms with E-state index in [-0.39, 0.29) is 0 Å². The first-order chi connectivity index (χ1) is 30.8. The summed E-state index contributed by atoms with van der Waals surface area (Å²) in [4.78, 5) is 10.6. The Bertz CT molecular complexity index is 3440. The molecule has 3 aromatic heterocycles. The Hall–Kier alpha value is -8.34. The summed E-state index contributed by atoms with van der Waals surface area (Å²) in [6.45, 7) is 0. The number of benzene rings is 9. The first-order valence-electron chi connectivity index (χ1n) is 21.1.